The number of hydrogen-bond acceptors (Lipinski definition) is 15. The van der Waals surface area contributed by atoms with Crippen molar-refractivity contribution in [3.05, 3.63) is 120 Å². The summed E-state index contributed by atoms with van der Waals surface area (Å²) < 4.78 is 0. The average Bonchev–Trinajstić information content (AvgIpc) is 1.78. The molecule has 19 N–H and O–H groups in total. The zero-order valence-electron chi connectivity index (χ0n) is 50.6. The second kappa shape index (κ2) is 33.3. The Morgan fingerprint density at radius 3 is 1.98 bits per heavy atom. The zero-order chi connectivity index (χ0) is 65.6. The molecular formula is C60H81N17O13. The Kier molecular flexibility index (Phi) is 25.5. The minimum absolute atomic E-state index is 0.0239. The monoisotopic (exact) mass is 1250 g/mol. The minimum Gasteiger partial charge on any atom is -0.508 e. The summed E-state index contributed by atoms with van der Waals surface area (Å²) >= 11 is 0. The number of amides is 11. The van der Waals surface area contributed by atoms with Crippen LogP contribution in [0.15, 0.2) is 103 Å². The number of hydrazine groups is 1. The molecule has 11 amide bonds. The van der Waals surface area contributed by atoms with Crippen LogP contribution in [0, 0.1) is 5.92 Å². The molecule has 5 aromatic rings. The number of phenolic OH excluding ortho intramolecular Hbond substituents is 1. The van der Waals surface area contributed by atoms with E-state index >= 15 is 0 Å². The van der Waals surface area contributed by atoms with E-state index in [9.17, 15) is 63.3 Å². The number of carbonyl (C=O) groups excluding carboxylic acids is 10. The molecule has 90 heavy (non-hydrogen) atoms. The summed E-state index contributed by atoms with van der Waals surface area (Å²) in [5, 5.41) is 53.5. The van der Waals surface area contributed by atoms with Crippen molar-refractivity contribution < 1.29 is 63.3 Å². The maximum atomic E-state index is 14.3. The number of nitrogens with one attached hydrogen (secondary N) is 12. The summed E-state index contributed by atoms with van der Waals surface area (Å²) in [6.07, 6.45) is 1.18. The summed E-state index contributed by atoms with van der Waals surface area (Å²) in [7, 11) is 1.48. The number of carbonyl (C=O) groups is 10. The molecule has 0 unspecified atom stereocenters. The SMILES string of the molecule is CN=C(N)NCCC[C@H](NC(=O)[C@H](CC(C)C)NC(=O)NNC(=O)[C@H](Cc1ccccc1)NC(=O)[C@@H](NC(=O)[C@H](Cc1cnc[nH]1)NC(=O)[C@@H]1C[C@@H](O)CN1C(=O)[C@@H](Cc1ccc(O)cc1)NC(C)=O)[C@@H](C)O)C(=O)N[C@@H](Cc1c[nH]c2ccccc12)C(N)=O. The third-order valence-corrected chi connectivity index (χ3v) is 14.7. The number of aliphatic imine (C=N–C) groups is 1. The van der Waals surface area contributed by atoms with Gasteiger partial charge in [0, 0.05) is 88.2 Å². The van der Waals surface area contributed by atoms with Crippen molar-refractivity contribution in [1.29, 1.82) is 0 Å². The van der Waals surface area contributed by atoms with E-state index in [4.69, 9.17) is 11.5 Å². The molecule has 0 bridgehead atoms. The number of phenols is 1. The topological polar surface area (TPSA) is 464 Å². The number of hydrogen-bond donors (Lipinski definition) is 17. The van der Waals surface area contributed by atoms with Gasteiger partial charge >= 0.3 is 6.03 Å². The van der Waals surface area contributed by atoms with E-state index in [2.05, 4.69) is 73.3 Å². The number of rotatable bonds is 30. The number of aromatic amines is 2. The van der Waals surface area contributed by atoms with E-state index in [1.165, 1.54) is 45.6 Å². The molecule has 3 aromatic carbocycles. The molecule has 1 fully saturated rings. The van der Waals surface area contributed by atoms with Crippen LogP contribution in [0.5, 0.6) is 5.75 Å². The highest BCUT2D eigenvalue weighted by Crippen LogP contribution is 2.23. The smallest absolute Gasteiger partial charge is 0.334 e. The lowest BCUT2D eigenvalue weighted by molar-refractivity contribution is -0.142. The van der Waals surface area contributed by atoms with E-state index in [0.717, 1.165) is 15.8 Å². The first-order valence-electron chi connectivity index (χ1n) is 29.3. The fourth-order valence-electron chi connectivity index (χ4n) is 10.2. The predicted molar refractivity (Wildman–Crippen MR) is 328 cm³/mol. The first kappa shape index (κ1) is 69.0. The van der Waals surface area contributed by atoms with Crippen LogP contribution >= 0.6 is 0 Å². The molecule has 484 valence electrons. The molecule has 0 radical (unpaired) electrons. The Morgan fingerprint density at radius 1 is 0.689 bits per heavy atom. The van der Waals surface area contributed by atoms with Crippen molar-refractivity contribution in [3.63, 3.8) is 0 Å². The standard InChI is InChI=1S/C60H81N17O13/c1-32(2)22-45(53(84)69-43(16-11-21-65-59(62)63-5)52(83)70-44(51(61)82)25-37-28-66-42-15-10-9-14-41(37)42)73-60(90)76-75-55(86)46(23-35-12-7-6-8-13-35)72-57(88)50(33(3)78)74-54(85)47(26-38-29-64-31-67-38)71-56(87)49-27-40(81)30-77(49)58(89)48(68-34(4)79)24-36-17-19-39(80)20-18-36/h6-10,12-15,17-20,28-29,31-33,40,43-50,66,78,80-81H,11,16,21-27,30H2,1-5H3,(H2,61,82)(H,64,67)(H,68,79)(H,69,84)(H,70,83)(H,71,87)(H,72,88)(H,74,85)(H,75,86)(H3,62,63,65)(H2,73,76,90)/t33-,40-,43+,44+,45+,46+,47+,48-,49+,50+/m1/s1. The van der Waals surface area contributed by atoms with Gasteiger partial charge in [0.2, 0.25) is 47.3 Å². The number of aromatic nitrogens is 3. The lowest BCUT2D eigenvalue weighted by Crippen LogP contribution is -2.62. The summed E-state index contributed by atoms with van der Waals surface area (Å²) in [4.78, 5) is 153. The molecule has 1 aliphatic heterocycles. The van der Waals surface area contributed by atoms with E-state index in [0.29, 0.717) is 22.4 Å². The van der Waals surface area contributed by atoms with Gasteiger partial charge in [-0.25, -0.2) is 15.2 Å². The largest absolute Gasteiger partial charge is 0.508 e. The third kappa shape index (κ3) is 20.8. The van der Waals surface area contributed by atoms with Crippen molar-refractivity contribution in [1.82, 2.24) is 73.2 Å². The molecule has 0 saturated carbocycles. The molecule has 2 aromatic heterocycles. The van der Waals surface area contributed by atoms with Gasteiger partial charge in [0.25, 0.3) is 5.91 Å². The maximum Gasteiger partial charge on any atom is 0.334 e. The van der Waals surface area contributed by atoms with E-state index in [1.807, 2.05) is 24.3 Å². The molecule has 10 atom stereocenters. The number of nitrogens with zero attached hydrogens (tertiary/aromatic N) is 3. The van der Waals surface area contributed by atoms with Gasteiger partial charge in [0.05, 0.1) is 18.5 Å². The van der Waals surface area contributed by atoms with Crippen molar-refractivity contribution in [2.75, 3.05) is 20.1 Å². The molecule has 0 aliphatic carbocycles. The van der Waals surface area contributed by atoms with E-state index in [1.54, 1.807) is 62.5 Å². The van der Waals surface area contributed by atoms with Crippen molar-refractivity contribution in [3.8, 4) is 5.75 Å². The number of likely N-dealkylation sites (tertiary alicyclic amines) is 1. The molecule has 30 heteroatoms. The molecule has 6 rings (SSSR count). The second-order valence-electron chi connectivity index (χ2n) is 22.4. The predicted octanol–water partition coefficient (Wildman–Crippen LogP) is -2.32. The molecule has 0 spiro atoms. The number of para-hydroxylation sites is 1. The van der Waals surface area contributed by atoms with Gasteiger partial charge in [-0.15, -0.1) is 0 Å². The van der Waals surface area contributed by atoms with Crippen molar-refractivity contribution in [2.45, 2.75) is 140 Å². The first-order valence-corrected chi connectivity index (χ1v) is 29.3. The Balaban J connectivity index is 1.14. The number of aromatic hydroxyl groups is 1. The fourth-order valence-corrected chi connectivity index (χ4v) is 10.2. The number of aliphatic hydroxyl groups is 2. The quantitative estimate of drug-likeness (QED) is 0.00994. The van der Waals surface area contributed by atoms with Crippen LogP contribution < -0.4 is 64.9 Å². The Hall–Kier alpha value is -10.1. The van der Waals surface area contributed by atoms with Crippen LogP contribution in [-0.2, 0) is 68.8 Å². The van der Waals surface area contributed by atoms with Gasteiger partial charge < -0.3 is 84.2 Å². The highest BCUT2D eigenvalue weighted by Gasteiger charge is 2.43. The van der Waals surface area contributed by atoms with Gasteiger partial charge in [-0.2, -0.15) is 0 Å². The van der Waals surface area contributed by atoms with Crippen molar-refractivity contribution in [2.24, 2.45) is 22.4 Å². The third-order valence-electron chi connectivity index (χ3n) is 14.7. The molecule has 3 heterocycles. The number of guanidine groups is 1. The van der Waals surface area contributed by atoms with Crippen LogP contribution in [-0.4, -0.2) is 181 Å². The fraction of sp³-hybridized carbons (Fsp3) is 0.433. The number of primary amides is 1. The second-order valence-corrected chi connectivity index (χ2v) is 22.4. The number of β-amino-alcohol motifs (C(OH)–C–C–N with tert-alkyl or cyclic N) is 1. The Labute approximate surface area is 518 Å². The van der Waals surface area contributed by atoms with Crippen LogP contribution in [0.4, 0.5) is 4.79 Å². The first-order chi connectivity index (χ1) is 42.9. The lowest BCUT2D eigenvalue weighted by atomic mass is 10.0. The van der Waals surface area contributed by atoms with Crippen LogP contribution in [0.2, 0.25) is 0 Å². The van der Waals surface area contributed by atoms with Gasteiger partial charge in [-0.3, -0.25) is 53.6 Å². The summed E-state index contributed by atoms with van der Waals surface area (Å²) in [6, 6.07) is 9.40. The highest BCUT2D eigenvalue weighted by molar-refractivity contribution is 5.98. The number of benzene rings is 3. The van der Waals surface area contributed by atoms with Gasteiger partial charge in [-0.1, -0.05) is 74.5 Å². The maximum absolute atomic E-state index is 14.3. The van der Waals surface area contributed by atoms with Crippen LogP contribution in [0.3, 0.4) is 0 Å². The Bertz CT molecular complexity index is 3310. The lowest BCUT2D eigenvalue weighted by Gasteiger charge is -2.30. The Morgan fingerprint density at radius 2 is 1.32 bits per heavy atom. The highest BCUT2D eigenvalue weighted by atomic mass is 16.3. The van der Waals surface area contributed by atoms with E-state index < -0.39 is 120 Å². The van der Waals surface area contributed by atoms with Crippen LogP contribution in [0.1, 0.15) is 75.8 Å². The molecule has 1 saturated heterocycles. The average molecular weight is 1250 g/mol. The van der Waals surface area contributed by atoms with Gasteiger partial charge in [0.1, 0.15) is 54.1 Å². The van der Waals surface area contributed by atoms with Crippen molar-refractivity contribution >= 4 is 76.1 Å². The van der Waals surface area contributed by atoms with E-state index in [-0.39, 0.29) is 82.1 Å². The summed E-state index contributed by atoms with van der Waals surface area (Å²) in [6.45, 7) is 5.90. The minimum atomic E-state index is -1.80. The van der Waals surface area contributed by atoms with Gasteiger partial charge in [0.15, 0.2) is 5.96 Å². The molecular weight excluding hydrogens is 1170 g/mol. The molecule has 1 aliphatic rings. The zero-order valence-corrected chi connectivity index (χ0v) is 50.6. The number of nitrogens with two attached hydrogens (primary N) is 2. The number of imidazole rings is 1. The number of aliphatic hydroxyl groups excluding tert-OH is 2. The summed E-state index contributed by atoms with van der Waals surface area (Å²) in [5.41, 5.74) is 19.0. The van der Waals surface area contributed by atoms with Crippen LogP contribution in [0.25, 0.3) is 10.9 Å². The number of fused-ring (bicyclic) bond motifs is 1. The number of urea groups is 1. The van der Waals surface area contributed by atoms with Gasteiger partial charge in [-0.05, 0) is 67.0 Å². The summed E-state index contributed by atoms with van der Waals surface area (Å²) in [5.74, 6) is -7.70. The molecule has 30 nitrogen and oxygen atoms in total. The number of H-pyrrole nitrogens is 2. The normalized spacial score (nSPS) is 16.6.